The molecule has 2 aromatic heterocycles. The third-order valence-electron chi connectivity index (χ3n) is 12.1. The highest BCUT2D eigenvalue weighted by Gasteiger charge is 2.45. The van der Waals surface area contributed by atoms with E-state index in [1.165, 1.54) is 29.8 Å². The third-order valence-corrected chi connectivity index (χ3v) is 14.2. The number of hydrogen-bond donors (Lipinski definition) is 4. The van der Waals surface area contributed by atoms with Crippen LogP contribution in [0.2, 0.25) is 0 Å². The normalized spacial score (nSPS) is 19.6. The number of nitrogens with one attached hydrogen (secondary N) is 2. The van der Waals surface area contributed by atoms with Crippen LogP contribution in [0.1, 0.15) is 100 Å². The standard InChI is InChI=1S/C25H25N3O4S.C25H27N3O4S/c1-13-19(24(29)31-10-14-5-6-14)20(18-12-33-22-16(9-26)3-2-4-17(18)22)21(23(27)28-13)25(30)32-11-15-7-8-15;1-25(2,3)12-32-24(30)19-17(16-11-33-21-14(10-26)6-5-7-15(16)21)18(23(29)31-4)20(13-8-9-13)28-22(19)27/h2-4,12,14-15,20,28H,5-8,10-11,27H2,1H3;5-7,11,13,17,28H,8-9,12,27H2,1-4H3. The molecule has 5 aliphatic rings. The smallest absolute Gasteiger partial charge is 0.338 e. The first-order chi connectivity index (χ1) is 31.6. The second kappa shape index (κ2) is 18.7. The molecule has 0 amide bonds. The number of nitrogens with two attached hydrogens (primary N) is 2. The van der Waals surface area contributed by atoms with Gasteiger partial charge in [0.05, 0.1) is 81.6 Å². The van der Waals surface area contributed by atoms with Gasteiger partial charge in [-0.3, -0.25) is 0 Å². The molecular formula is C50H52N6O8S2. The zero-order valence-corrected chi connectivity index (χ0v) is 39.1. The van der Waals surface area contributed by atoms with Crippen molar-refractivity contribution in [1.82, 2.24) is 10.6 Å². The van der Waals surface area contributed by atoms with Crippen molar-refractivity contribution in [3.05, 3.63) is 115 Å². The maximum absolute atomic E-state index is 13.3. The quantitative estimate of drug-likeness (QED) is 0.0783. The summed E-state index contributed by atoms with van der Waals surface area (Å²) in [5.41, 5.74) is 17.4. The van der Waals surface area contributed by atoms with Gasteiger partial charge in [-0.05, 0) is 113 Å². The summed E-state index contributed by atoms with van der Waals surface area (Å²) in [6.07, 6.45) is 6.07. The molecule has 0 saturated heterocycles. The van der Waals surface area contributed by atoms with Gasteiger partial charge in [0.25, 0.3) is 0 Å². The summed E-state index contributed by atoms with van der Waals surface area (Å²) in [5, 5.41) is 30.6. The number of nitrogens with zero attached hydrogens (tertiary/aromatic N) is 2. The summed E-state index contributed by atoms with van der Waals surface area (Å²) in [4.78, 5) is 52.9. The molecule has 66 heavy (non-hydrogen) atoms. The van der Waals surface area contributed by atoms with Crippen molar-refractivity contribution in [1.29, 1.82) is 10.5 Å². The van der Waals surface area contributed by atoms with E-state index in [-0.39, 0.29) is 40.7 Å². The Hall–Kier alpha value is -6.62. The Balaban J connectivity index is 0.000000179. The molecule has 4 aromatic rings. The molecule has 6 N–H and O–H groups in total. The number of nitriles is 2. The number of allylic oxidation sites excluding steroid dienone is 2. The van der Waals surface area contributed by atoms with Crippen molar-refractivity contribution >= 4 is 66.7 Å². The van der Waals surface area contributed by atoms with Crippen LogP contribution in [0.3, 0.4) is 0 Å². The monoisotopic (exact) mass is 928 g/mol. The molecule has 0 spiro atoms. The zero-order chi connectivity index (χ0) is 47.0. The predicted octanol–water partition coefficient (Wildman–Crippen LogP) is 7.87. The number of thiophene rings is 2. The number of dihydropyridines is 2. The van der Waals surface area contributed by atoms with Crippen LogP contribution >= 0.6 is 22.7 Å². The molecule has 3 fully saturated rings. The van der Waals surface area contributed by atoms with Gasteiger partial charge in [0, 0.05) is 11.4 Å². The second-order valence-electron chi connectivity index (χ2n) is 18.6. The Kier molecular flexibility index (Phi) is 13.0. The highest BCUT2D eigenvalue weighted by atomic mass is 32.1. The number of carbonyl (C=O) groups is 4. The van der Waals surface area contributed by atoms with Gasteiger partial charge in [-0.1, -0.05) is 45.0 Å². The van der Waals surface area contributed by atoms with Gasteiger partial charge in [0.15, 0.2) is 0 Å². The number of fused-ring (bicyclic) bond motifs is 2. The van der Waals surface area contributed by atoms with E-state index in [0.717, 1.165) is 69.8 Å². The number of carbonyl (C=O) groups excluding carboxylic acids is 4. The lowest BCUT2D eigenvalue weighted by Crippen LogP contribution is -2.37. The summed E-state index contributed by atoms with van der Waals surface area (Å²) in [5.74, 6) is -2.27. The van der Waals surface area contributed by atoms with Gasteiger partial charge >= 0.3 is 23.9 Å². The zero-order valence-electron chi connectivity index (χ0n) is 37.5. The van der Waals surface area contributed by atoms with Gasteiger partial charge in [-0.15, -0.1) is 22.7 Å². The SMILES string of the molecule is CC1=C(C(=O)OCC2CC2)C(c2csc3c(C#N)cccc23)C(C(=O)OCC2CC2)=C(N)N1.COC(=O)C1=C(C2CC2)NC(N)=C(C(=O)OCC(C)(C)C)C1c1csc2c(C#N)cccc12. The van der Waals surface area contributed by atoms with Crippen LogP contribution in [0.4, 0.5) is 0 Å². The topological polar surface area (TPSA) is 229 Å². The molecule has 2 unspecified atom stereocenters. The average molecular weight is 929 g/mol. The molecule has 0 radical (unpaired) electrons. The van der Waals surface area contributed by atoms with Crippen molar-refractivity contribution in [3.63, 3.8) is 0 Å². The van der Waals surface area contributed by atoms with Crippen molar-refractivity contribution < 1.29 is 38.1 Å². The number of esters is 4. The molecule has 0 bridgehead atoms. The van der Waals surface area contributed by atoms with E-state index in [2.05, 4.69) is 22.8 Å². The van der Waals surface area contributed by atoms with Crippen LogP contribution in [-0.2, 0) is 38.1 Å². The summed E-state index contributed by atoms with van der Waals surface area (Å²) < 4.78 is 23.6. The van der Waals surface area contributed by atoms with Gasteiger partial charge in [0.2, 0.25) is 0 Å². The Morgan fingerprint density at radius 2 is 1.15 bits per heavy atom. The molecule has 2 atom stereocenters. The number of methoxy groups -OCH3 is 1. The van der Waals surface area contributed by atoms with Crippen LogP contribution in [0.5, 0.6) is 0 Å². The molecule has 4 heterocycles. The maximum atomic E-state index is 13.3. The van der Waals surface area contributed by atoms with Crippen LogP contribution < -0.4 is 22.1 Å². The Labute approximate surface area is 390 Å². The fourth-order valence-corrected chi connectivity index (χ4v) is 10.3. The number of hydrogen-bond acceptors (Lipinski definition) is 16. The van der Waals surface area contributed by atoms with E-state index in [1.807, 2.05) is 43.7 Å². The van der Waals surface area contributed by atoms with E-state index in [4.69, 9.17) is 30.4 Å². The highest BCUT2D eigenvalue weighted by Crippen LogP contribution is 2.49. The largest absolute Gasteiger partial charge is 0.466 e. The molecule has 3 aliphatic carbocycles. The van der Waals surface area contributed by atoms with Crippen molar-refractivity contribution in [2.75, 3.05) is 26.9 Å². The Bertz CT molecular complexity index is 2820. The summed E-state index contributed by atoms with van der Waals surface area (Å²) >= 11 is 2.82. The first kappa shape index (κ1) is 45.9. The molecule has 16 heteroatoms. The summed E-state index contributed by atoms with van der Waals surface area (Å²) in [6, 6.07) is 15.3. The molecular weight excluding hydrogens is 877 g/mol. The van der Waals surface area contributed by atoms with Crippen LogP contribution in [0.15, 0.2) is 92.5 Å². The van der Waals surface area contributed by atoms with Crippen LogP contribution in [-0.4, -0.2) is 50.8 Å². The summed E-state index contributed by atoms with van der Waals surface area (Å²) in [6.45, 7) is 8.57. The van der Waals surface area contributed by atoms with Gasteiger partial charge in [-0.2, -0.15) is 10.5 Å². The van der Waals surface area contributed by atoms with Crippen molar-refractivity contribution in [2.45, 2.75) is 78.1 Å². The Morgan fingerprint density at radius 3 is 1.61 bits per heavy atom. The van der Waals surface area contributed by atoms with E-state index in [1.54, 1.807) is 31.2 Å². The lowest BCUT2D eigenvalue weighted by molar-refractivity contribution is -0.143. The molecule has 2 aliphatic heterocycles. The third kappa shape index (κ3) is 9.52. The van der Waals surface area contributed by atoms with E-state index >= 15 is 0 Å². The minimum absolute atomic E-state index is 0.159. The van der Waals surface area contributed by atoms with E-state index in [0.29, 0.717) is 58.7 Å². The number of ether oxygens (including phenoxy) is 4. The van der Waals surface area contributed by atoms with E-state index in [9.17, 15) is 29.7 Å². The number of benzene rings is 2. The molecule has 9 rings (SSSR count). The predicted molar refractivity (Wildman–Crippen MR) is 250 cm³/mol. The molecule has 2 aromatic carbocycles. The van der Waals surface area contributed by atoms with Crippen LogP contribution in [0.25, 0.3) is 20.2 Å². The van der Waals surface area contributed by atoms with Crippen molar-refractivity contribution in [2.24, 2.45) is 34.6 Å². The molecule has 14 nitrogen and oxygen atoms in total. The average Bonchev–Trinajstić information content (AvgIpc) is 4.22. The first-order valence-electron chi connectivity index (χ1n) is 22.0. The van der Waals surface area contributed by atoms with Crippen molar-refractivity contribution in [3.8, 4) is 12.1 Å². The maximum Gasteiger partial charge on any atom is 0.338 e. The van der Waals surface area contributed by atoms with Gasteiger partial charge < -0.3 is 41.0 Å². The summed E-state index contributed by atoms with van der Waals surface area (Å²) in [7, 11) is 1.33. The van der Waals surface area contributed by atoms with Gasteiger partial charge in [0.1, 0.15) is 23.8 Å². The molecule has 342 valence electrons. The second-order valence-corrected chi connectivity index (χ2v) is 20.4. The first-order valence-corrected chi connectivity index (χ1v) is 23.8. The fraction of sp³-hybridized carbons (Fsp3) is 0.400. The van der Waals surface area contributed by atoms with Crippen LogP contribution in [0, 0.1) is 45.8 Å². The fourth-order valence-electron chi connectivity index (χ4n) is 8.22. The lowest BCUT2D eigenvalue weighted by Gasteiger charge is -2.31. The minimum atomic E-state index is -0.760. The number of rotatable bonds is 12. The molecule has 3 saturated carbocycles. The van der Waals surface area contributed by atoms with E-state index < -0.39 is 35.7 Å². The minimum Gasteiger partial charge on any atom is -0.466 e. The lowest BCUT2D eigenvalue weighted by atomic mass is 9.80. The van der Waals surface area contributed by atoms with Gasteiger partial charge in [-0.25, -0.2) is 19.2 Å². The highest BCUT2D eigenvalue weighted by molar-refractivity contribution is 7.18. The Morgan fingerprint density at radius 1 is 0.682 bits per heavy atom.